The Hall–Kier alpha value is -1.72. The van der Waals surface area contributed by atoms with Crippen molar-refractivity contribution in [3.05, 3.63) is 47.8 Å². The number of ether oxygens (including phenoxy) is 1. The molecule has 0 fully saturated rings. The normalized spacial score (nSPS) is 10.6. The number of nitrogens with two attached hydrogens (primary N) is 1. The zero-order valence-corrected chi connectivity index (χ0v) is 9.62. The second-order valence-corrected chi connectivity index (χ2v) is 3.72. The molecule has 1 heterocycles. The Bertz CT molecular complexity index is 441. The Morgan fingerprint density at radius 2 is 2.06 bits per heavy atom. The first-order chi connectivity index (χ1) is 8.38. The summed E-state index contributed by atoms with van der Waals surface area (Å²) in [6.45, 7) is 2.35. The summed E-state index contributed by atoms with van der Waals surface area (Å²) in [7, 11) is 0. The smallest absolute Gasteiger partial charge is 0.0962 e. The maximum atomic E-state index is 5.55. The Labute approximate surface area is 100 Å². The van der Waals surface area contributed by atoms with Gasteiger partial charge in [0.2, 0.25) is 0 Å². The molecule has 0 saturated heterocycles. The van der Waals surface area contributed by atoms with Gasteiger partial charge in [-0.2, -0.15) is 0 Å². The first kappa shape index (κ1) is 11.8. The predicted octanol–water partition coefficient (Wildman–Crippen LogP) is 0.954. The Morgan fingerprint density at radius 1 is 1.24 bits per heavy atom. The van der Waals surface area contributed by atoms with Crippen LogP contribution in [0, 0.1) is 0 Å². The fraction of sp³-hybridized carbons (Fsp3) is 0.333. The average molecular weight is 232 g/mol. The molecule has 17 heavy (non-hydrogen) atoms. The van der Waals surface area contributed by atoms with Crippen LogP contribution in [0.3, 0.4) is 0 Å². The second kappa shape index (κ2) is 6.12. The summed E-state index contributed by atoms with van der Waals surface area (Å²) in [5.74, 6) is 0. The predicted molar refractivity (Wildman–Crippen MR) is 64.0 cm³/mol. The summed E-state index contributed by atoms with van der Waals surface area (Å²) in [6.07, 6.45) is 1.84. The molecular formula is C12H16N4O. The molecule has 0 amide bonds. The molecule has 5 heteroatoms. The summed E-state index contributed by atoms with van der Waals surface area (Å²) < 4.78 is 7.29. The summed E-state index contributed by atoms with van der Waals surface area (Å²) >= 11 is 0. The van der Waals surface area contributed by atoms with Crippen molar-refractivity contribution in [2.75, 3.05) is 6.61 Å². The molecular weight excluding hydrogens is 216 g/mol. The molecule has 0 aliphatic heterocycles. The number of nitrogens with zero attached hydrogens (tertiary/aromatic N) is 3. The van der Waals surface area contributed by atoms with E-state index in [0.29, 0.717) is 26.3 Å². The van der Waals surface area contributed by atoms with E-state index in [2.05, 4.69) is 10.3 Å². The highest BCUT2D eigenvalue weighted by molar-refractivity contribution is 5.13. The van der Waals surface area contributed by atoms with Crippen LogP contribution < -0.4 is 5.73 Å². The van der Waals surface area contributed by atoms with Gasteiger partial charge in [0.05, 0.1) is 25.5 Å². The van der Waals surface area contributed by atoms with Crippen LogP contribution in [0.2, 0.25) is 0 Å². The van der Waals surface area contributed by atoms with Crippen LogP contribution in [-0.4, -0.2) is 21.6 Å². The molecule has 2 aromatic rings. The van der Waals surface area contributed by atoms with E-state index in [1.54, 1.807) is 4.68 Å². The van der Waals surface area contributed by atoms with E-state index in [4.69, 9.17) is 10.5 Å². The van der Waals surface area contributed by atoms with E-state index in [1.807, 2.05) is 36.5 Å². The number of rotatable bonds is 6. The van der Waals surface area contributed by atoms with E-state index < -0.39 is 0 Å². The number of benzene rings is 1. The van der Waals surface area contributed by atoms with E-state index in [-0.39, 0.29) is 0 Å². The summed E-state index contributed by atoms with van der Waals surface area (Å²) in [5.41, 5.74) is 7.42. The van der Waals surface area contributed by atoms with Gasteiger partial charge < -0.3 is 10.5 Å². The van der Waals surface area contributed by atoms with Gasteiger partial charge in [-0.1, -0.05) is 35.5 Å². The lowest BCUT2D eigenvalue weighted by molar-refractivity contribution is 0.110. The number of hydrogen-bond acceptors (Lipinski definition) is 4. The molecule has 0 saturated carbocycles. The topological polar surface area (TPSA) is 66.0 Å². The molecule has 2 rings (SSSR count). The zero-order valence-electron chi connectivity index (χ0n) is 9.62. The van der Waals surface area contributed by atoms with Crippen molar-refractivity contribution in [1.82, 2.24) is 15.0 Å². The van der Waals surface area contributed by atoms with Gasteiger partial charge >= 0.3 is 0 Å². The molecule has 0 bridgehead atoms. The Morgan fingerprint density at radius 3 is 2.76 bits per heavy atom. The first-order valence-corrected chi connectivity index (χ1v) is 5.59. The third kappa shape index (κ3) is 3.65. The van der Waals surface area contributed by atoms with Gasteiger partial charge in [-0.25, -0.2) is 4.68 Å². The van der Waals surface area contributed by atoms with Crippen molar-refractivity contribution in [3.63, 3.8) is 0 Å². The molecule has 2 N–H and O–H groups in total. The van der Waals surface area contributed by atoms with Crippen LogP contribution >= 0.6 is 0 Å². The van der Waals surface area contributed by atoms with E-state index >= 15 is 0 Å². The van der Waals surface area contributed by atoms with Gasteiger partial charge in [0.15, 0.2) is 0 Å². The molecule has 0 aliphatic rings. The molecule has 0 aliphatic carbocycles. The van der Waals surface area contributed by atoms with Crippen LogP contribution in [0.5, 0.6) is 0 Å². The minimum atomic E-state index is 0.422. The first-order valence-electron chi connectivity index (χ1n) is 5.59. The zero-order chi connectivity index (χ0) is 11.9. The van der Waals surface area contributed by atoms with Crippen LogP contribution in [-0.2, 0) is 24.4 Å². The Kier molecular flexibility index (Phi) is 4.23. The van der Waals surface area contributed by atoms with Gasteiger partial charge in [0, 0.05) is 12.7 Å². The third-order valence-electron chi connectivity index (χ3n) is 2.37. The maximum Gasteiger partial charge on any atom is 0.0962 e. The monoisotopic (exact) mass is 232 g/mol. The van der Waals surface area contributed by atoms with Crippen LogP contribution in [0.15, 0.2) is 36.5 Å². The van der Waals surface area contributed by atoms with Crippen molar-refractivity contribution in [2.24, 2.45) is 5.73 Å². The summed E-state index contributed by atoms with van der Waals surface area (Å²) in [6, 6.07) is 10.1. The average Bonchev–Trinajstić information content (AvgIpc) is 2.84. The number of aromatic nitrogens is 3. The molecule has 5 nitrogen and oxygen atoms in total. The highest BCUT2D eigenvalue weighted by Crippen LogP contribution is 2.00. The van der Waals surface area contributed by atoms with Crippen LogP contribution in [0.4, 0.5) is 0 Å². The van der Waals surface area contributed by atoms with Crippen molar-refractivity contribution in [2.45, 2.75) is 19.7 Å². The second-order valence-electron chi connectivity index (χ2n) is 3.72. The highest BCUT2D eigenvalue weighted by Gasteiger charge is 1.98. The molecule has 0 spiro atoms. The van der Waals surface area contributed by atoms with E-state index in [0.717, 1.165) is 5.69 Å². The van der Waals surface area contributed by atoms with Crippen molar-refractivity contribution < 1.29 is 4.74 Å². The molecule has 90 valence electrons. The standard InChI is InChI=1S/C12H16N4O/c13-8-12-9-16(15-14-12)6-7-17-10-11-4-2-1-3-5-11/h1-5,9H,6-8,10,13H2. The van der Waals surface area contributed by atoms with Gasteiger partial charge in [-0.15, -0.1) is 5.10 Å². The fourth-order valence-electron chi connectivity index (χ4n) is 1.46. The Balaban J connectivity index is 1.69. The van der Waals surface area contributed by atoms with Gasteiger partial charge in [-0.3, -0.25) is 0 Å². The van der Waals surface area contributed by atoms with Crippen LogP contribution in [0.1, 0.15) is 11.3 Å². The molecule has 1 aromatic heterocycles. The number of hydrogen-bond donors (Lipinski definition) is 1. The molecule has 0 radical (unpaired) electrons. The molecule has 1 aromatic carbocycles. The van der Waals surface area contributed by atoms with Crippen molar-refractivity contribution in [1.29, 1.82) is 0 Å². The lowest BCUT2D eigenvalue weighted by Crippen LogP contribution is -2.06. The van der Waals surface area contributed by atoms with E-state index in [1.165, 1.54) is 5.56 Å². The van der Waals surface area contributed by atoms with Gasteiger partial charge in [0.25, 0.3) is 0 Å². The van der Waals surface area contributed by atoms with E-state index in [9.17, 15) is 0 Å². The molecule has 0 unspecified atom stereocenters. The van der Waals surface area contributed by atoms with Gasteiger partial charge in [0.1, 0.15) is 0 Å². The largest absolute Gasteiger partial charge is 0.375 e. The lowest BCUT2D eigenvalue weighted by atomic mass is 10.2. The summed E-state index contributed by atoms with van der Waals surface area (Å²) in [5, 5.41) is 7.84. The minimum Gasteiger partial charge on any atom is -0.375 e. The SMILES string of the molecule is NCc1cn(CCOCc2ccccc2)nn1. The van der Waals surface area contributed by atoms with Gasteiger partial charge in [-0.05, 0) is 5.56 Å². The quantitative estimate of drug-likeness (QED) is 0.753. The fourth-order valence-corrected chi connectivity index (χ4v) is 1.46. The van der Waals surface area contributed by atoms with Crippen molar-refractivity contribution >= 4 is 0 Å². The minimum absolute atomic E-state index is 0.422. The van der Waals surface area contributed by atoms with Crippen LogP contribution in [0.25, 0.3) is 0 Å². The van der Waals surface area contributed by atoms with Crippen molar-refractivity contribution in [3.8, 4) is 0 Å². The maximum absolute atomic E-state index is 5.55. The lowest BCUT2D eigenvalue weighted by Gasteiger charge is -2.03. The highest BCUT2D eigenvalue weighted by atomic mass is 16.5. The third-order valence-corrected chi connectivity index (χ3v) is 2.37. The molecule has 0 atom stereocenters. The summed E-state index contributed by atoms with van der Waals surface area (Å²) in [4.78, 5) is 0.